The summed E-state index contributed by atoms with van der Waals surface area (Å²) in [7, 11) is 0. The topological polar surface area (TPSA) is 53.6 Å². The Morgan fingerprint density at radius 2 is 2.71 bits per heavy atom. The number of thiol groups is 1. The van der Waals surface area contributed by atoms with Crippen LogP contribution < -0.4 is 4.72 Å². The SMILES string of the molecule is SNc1c[nH]nn1. The van der Waals surface area contributed by atoms with Crippen LogP contribution in [0.25, 0.3) is 0 Å². The highest BCUT2D eigenvalue weighted by Crippen LogP contribution is 1.94. The summed E-state index contributed by atoms with van der Waals surface area (Å²) < 4.78 is 2.50. The van der Waals surface area contributed by atoms with E-state index < -0.39 is 0 Å². The molecule has 5 heteroatoms. The molecule has 0 bridgehead atoms. The van der Waals surface area contributed by atoms with Crippen molar-refractivity contribution in [1.29, 1.82) is 0 Å². The minimum atomic E-state index is 0.628. The summed E-state index contributed by atoms with van der Waals surface area (Å²) >= 11 is 3.70. The van der Waals surface area contributed by atoms with Crippen molar-refractivity contribution in [1.82, 2.24) is 15.4 Å². The third-order valence-corrected chi connectivity index (χ3v) is 0.760. The summed E-state index contributed by atoms with van der Waals surface area (Å²) in [5.41, 5.74) is 0. The molecule has 0 fully saturated rings. The molecule has 0 radical (unpaired) electrons. The van der Waals surface area contributed by atoms with E-state index in [4.69, 9.17) is 0 Å². The third kappa shape index (κ3) is 0.833. The van der Waals surface area contributed by atoms with E-state index in [9.17, 15) is 0 Å². The van der Waals surface area contributed by atoms with Crippen LogP contribution >= 0.6 is 12.8 Å². The van der Waals surface area contributed by atoms with Crippen LogP contribution in [0.1, 0.15) is 0 Å². The van der Waals surface area contributed by atoms with Gasteiger partial charge in [0.15, 0.2) is 5.82 Å². The third-order valence-electron chi connectivity index (χ3n) is 0.531. The number of hydrogen-bond donors (Lipinski definition) is 3. The molecule has 1 aromatic heterocycles. The van der Waals surface area contributed by atoms with Gasteiger partial charge in [-0.2, -0.15) is 0 Å². The molecule has 0 spiro atoms. The molecule has 0 aliphatic rings. The van der Waals surface area contributed by atoms with Crippen molar-refractivity contribution in [2.75, 3.05) is 4.72 Å². The largest absolute Gasteiger partial charge is 0.314 e. The van der Waals surface area contributed by atoms with E-state index in [1.54, 1.807) is 6.20 Å². The van der Waals surface area contributed by atoms with Crippen LogP contribution in [0, 0.1) is 0 Å². The van der Waals surface area contributed by atoms with Crippen molar-refractivity contribution in [2.24, 2.45) is 0 Å². The fourth-order valence-corrected chi connectivity index (χ4v) is 0.366. The first-order chi connectivity index (χ1) is 3.43. The molecule has 38 valence electrons. The lowest BCUT2D eigenvalue weighted by molar-refractivity contribution is 0.943. The molecule has 7 heavy (non-hydrogen) atoms. The van der Waals surface area contributed by atoms with Crippen LogP contribution in [-0.2, 0) is 0 Å². The molecule has 1 aromatic rings. The van der Waals surface area contributed by atoms with Crippen LogP contribution in [-0.4, -0.2) is 15.4 Å². The molecule has 0 saturated carbocycles. The van der Waals surface area contributed by atoms with E-state index in [1.165, 1.54) is 0 Å². The van der Waals surface area contributed by atoms with Gasteiger partial charge in [-0.15, -0.1) is 5.10 Å². The zero-order valence-corrected chi connectivity index (χ0v) is 4.31. The maximum atomic E-state index is 3.70. The molecule has 2 N–H and O–H groups in total. The van der Waals surface area contributed by atoms with E-state index in [1.807, 2.05) is 0 Å². The highest BCUT2D eigenvalue weighted by Gasteiger charge is 1.84. The Morgan fingerprint density at radius 3 is 3.00 bits per heavy atom. The fourth-order valence-electron chi connectivity index (χ4n) is 0.256. The number of H-pyrrole nitrogens is 1. The zero-order chi connectivity index (χ0) is 5.11. The second kappa shape index (κ2) is 1.83. The van der Waals surface area contributed by atoms with Gasteiger partial charge in [0.05, 0.1) is 6.20 Å². The molecular formula is C2H4N4S. The average molecular weight is 116 g/mol. The van der Waals surface area contributed by atoms with Gasteiger partial charge in [-0.1, -0.05) is 18.0 Å². The maximum Gasteiger partial charge on any atom is 0.177 e. The number of nitrogens with one attached hydrogen (secondary N) is 2. The van der Waals surface area contributed by atoms with E-state index in [2.05, 4.69) is 32.9 Å². The first kappa shape index (κ1) is 4.45. The number of anilines is 1. The van der Waals surface area contributed by atoms with Crippen LogP contribution in [0.2, 0.25) is 0 Å². The summed E-state index contributed by atoms with van der Waals surface area (Å²) in [5.74, 6) is 0.628. The van der Waals surface area contributed by atoms with Gasteiger partial charge in [-0.05, 0) is 0 Å². The minimum Gasteiger partial charge on any atom is -0.314 e. The number of aromatic nitrogens is 3. The smallest absolute Gasteiger partial charge is 0.177 e. The lowest BCUT2D eigenvalue weighted by atomic mass is 10.8. The van der Waals surface area contributed by atoms with Gasteiger partial charge >= 0.3 is 0 Å². The second-order valence-electron chi connectivity index (χ2n) is 0.970. The van der Waals surface area contributed by atoms with Gasteiger partial charge in [-0.25, -0.2) is 0 Å². The number of rotatable bonds is 1. The average Bonchev–Trinajstić information content (AvgIpc) is 2.14. The maximum absolute atomic E-state index is 3.70. The molecule has 0 aromatic carbocycles. The molecule has 0 aliphatic carbocycles. The van der Waals surface area contributed by atoms with Crippen molar-refractivity contribution < 1.29 is 0 Å². The Balaban J connectivity index is 2.76. The number of hydrogen-bond acceptors (Lipinski definition) is 4. The highest BCUT2D eigenvalue weighted by atomic mass is 32.1. The molecular weight excluding hydrogens is 112 g/mol. The first-order valence-electron chi connectivity index (χ1n) is 1.70. The van der Waals surface area contributed by atoms with E-state index in [0.29, 0.717) is 5.82 Å². The Bertz CT molecular complexity index is 124. The number of nitrogens with zero attached hydrogens (tertiary/aromatic N) is 2. The van der Waals surface area contributed by atoms with Gasteiger partial charge < -0.3 is 4.72 Å². The van der Waals surface area contributed by atoms with Crippen molar-refractivity contribution in [3.63, 3.8) is 0 Å². The van der Waals surface area contributed by atoms with Crippen LogP contribution in [0.5, 0.6) is 0 Å². The predicted molar refractivity (Wildman–Crippen MR) is 29.0 cm³/mol. The quantitative estimate of drug-likeness (QED) is 0.455. The normalized spacial score (nSPS) is 8.71. The predicted octanol–water partition coefficient (Wildman–Crippen LogP) is 0.0614. The minimum absolute atomic E-state index is 0.628. The summed E-state index contributed by atoms with van der Waals surface area (Å²) in [6, 6.07) is 0. The van der Waals surface area contributed by atoms with Gasteiger partial charge in [0.25, 0.3) is 0 Å². The van der Waals surface area contributed by atoms with Gasteiger partial charge in [0.2, 0.25) is 0 Å². The van der Waals surface area contributed by atoms with Crippen LogP contribution in [0.4, 0.5) is 5.82 Å². The van der Waals surface area contributed by atoms with Gasteiger partial charge in [-0.3, -0.25) is 5.10 Å². The van der Waals surface area contributed by atoms with Gasteiger partial charge in [0.1, 0.15) is 0 Å². The van der Waals surface area contributed by atoms with Gasteiger partial charge in [0, 0.05) is 0 Å². The van der Waals surface area contributed by atoms with Crippen molar-refractivity contribution >= 4 is 18.6 Å². The molecule has 0 saturated heterocycles. The Kier molecular flexibility index (Phi) is 1.16. The van der Waals surface area contributed by atoms with E-state index in [-0.39, 0.29) is 0 Å². The Labute approximate surface area is 45.9 Å². The van der Waals surface area contributed by atoms with Crippen molar-refractivity contribution in [3.05, 3.63) is 6.20 Å². The standard InChI is InChI=1S/C2H4N4S/c7-5-2-1-3-6-4-2/h1,7H,(H2,3,4,5,6). The summed E-state index contributed by atoms with van der Waals surface area (Å²) in [6.07, 6.45) is 1.60. The molecule has 1 heterocycles. The Hall–Kier alpha value is -0.710. The molecule has 0 unspecified atom stereocenters. The lowest BCUT2D eigenvalue weighted by Gasteiger charge is -1.80. The highest BCUT2D eigenvalue weighted by molar-refractivity contribution is 7.81. The molecule has 0 amide bonds. The van der Waals surface area contributed by atoms with Crippen LogP contribution in [0.15, 0.2) is 6.20 Å². The second-order valence-corrected chi connectivity index (χ2v) is 1.19. The lowest BCUT2D eigenvalue weighted by Crippen LogP contribution is -1.77. The molecule has 0 atom stereocenters. The van der Waals surface area contributed by atoms with E-state index >= 15 is 0 Å². The molecule has 4 nitrogen and oxygen atoms in total. The fraction of sp³-hybridized carbons (Fsp3) is 0. The summed E-state index contributed by atoms with van der Waals surface area (Å²) in [4.78, 5) is 0. The molecule has 1 rings (SSSR count). The molecule has 0 aliphatic heterocycles. The summed E-state index contributed by atoms with van der Waals surface area (Å²) in [6.45, 7) is 0. The first-order valence-corrected chi connectivity index (χ1v) is 2.15. The zero-order valence-electron chi connectivity index (χ0n) is 3.42. The van der Waals surface area contributed by atoms with Crippen molar-refractivity contribution in [3.8, 4) is 0 Å². The van der Waals surface area contributed by atoms with Crippen molar-refractivity contribution in [2.45, 2.75) is 0 Å². The monoisotopic (exact) mass is 116 g/mol. The van der Waals surface area contributed by atoms with Crippen LogP contribution in [0.3, 0.4) is 0 Å². The van der Waals surface area contributed by atoms with E-state index in [0.717, 1.165) is 0 Å². The number of aromatic amines is 1. The summed E-state index contributed by atoms with van der Waals surface area (Å²) in [5, 5.41) is 9.46. The Morgan fingerprint density at radius 1 is 1.86 bits per heavy atom.